The molecule has 3 aromatic rings. The van der Waals surface area contributed by atoms with Gasteiger partial charge in [0.2, 0.25) is 0 Å². The average molecular weight is 790 g/mol. The summed E-state index contributed by atoms with van der Waals surface area (Å²) in [6, 6.07) is 18.0. The Hall–Kier alpha value is -4.66. The lowest BCUT2D eigenvalue weighted by atomic mass is 9.74. The molecule has 4 aliphatic rings. The number of carbonyl (C=O) groups excluding carboxylic acids is 2. The van der Waals surface area contributed by atoms with E-state index < -0.39 is 30.1 Å². The van der Waals surface area contributed by atoms with Crippen molar-refractivity contribution in [2.75, 3.05) is 20.2 Å². The number of allylic oxidation sites excluding steroid dienone is 2. The lowest BCUT2D eigenvalue weighted by molar-refractivity contribution is -0.124. The van der Waals surface area contributed by atoms with Crippen LogP contribution in [0.3, 0.4) is 0 Å². The molecule has 10 nitrogen and oxygen atoms in total. The number of benzene rings is 3. The summed E-state index contributed by atoms with van der Waals surface area (Å²) in [7, 11) is 1.47. The minimum atomic E-state index is -1.21. The fourth-order valence-corrected chi connectivity index (χ4v) is 9.68. The van der Waals surface area contributed by atoms with Gasteiger partial charge in [-0.15, -0.1) is 0 Å². The van der Waals surface area contributed by atoms with Crippen LogP contribution in [0.5, 0.6) is 11.5 Å². The third kappa shape index (κ3) is 9.95. The third-order valence-electron chi connectivity index (χ3n) is 13.0. The quantitative estimate of drug-likeness (QED) is 0.0799. The molecule has 0 spiro atoms. The topological polar surface area (TPSA) is 174 Å². The fraction of sp³-hybridized carbons (Fsp3) is 0.500. The van der Waals surface area contributed by atoms with E-state index in [-0.39, 0.29) is 42.5 Å². The molecule has 10 heteroatoms. The second-order valence-electron chi connectivity index (χ2n) is 17.0. The van der Waals surface area contributed by atoms with E-state index >= 15 is 0 Å². The Labute approximate surface area is 341 Å². The first-order chi connectivity index (χ1) is 28.1. The molecule has 2 aliphatic carbocycles. The van der Waals surface area contributed by atoms with Crippen molar-refractivity contribution in [3.05, 3.63) is 94.8 Å². The molecule has 308 valence electrons. The highest BCUT2D eigenvalue weighted by atomic mass is 16.5. The number of methoxy groups -OCH3 is 1. The van der Waals surface area contributed by atoms with Gasteiger partial charge >= 0.3 is 0 Å². The molecule has 58 heavy (non-hydrogen) atoms. The first-order valence-corrected chi connectivity index (χ1v) is 21.2. The molecule has 0 bridgehead atoms. The number of hydrogen-bond acceptors (Lipinski definition) is 10. The number of carbonyl (C=O) groups is 2. The number of ketones is 2. The predicted octanol–water partition coefficient (Wildman–Crippen LogP) is 5.66. The van der Waals surface area contributed by atoms with E-state index in [1.54, 1.807) is 12.1 Å². The summed E-state index contributed by atoms with van der Waals surface area (Å²) in [4.78, 5) is 25.6. The van der Waals surface area contributed by atoms with Gasteiger partial charge in [-0.25, -0.2) is 0 Å². The molecule has 2 aliphatic heterocycles. The SMILES string of the molecule is COc1cc2c(cc1O)[C@H](C[C@H](O)[C@H](O)C[C@H](C1=CCNC(N)=C1)c1ccc3ccccc3c1)C#C[C@H]([C@H](O)CCCC[C@@H]1CN[C@@H]3CC(=O)CC[C@@H]3C1)C(=O)CC2. The van der Waals surface area contributed by atoms with Crippen LogP contribution in [0.15, 0.2) is 78.1 Å². The van der Waals surface area contributed by atoms with Crippen LogP contribution < -0.4 is 21.1 Å². The molecule has 2 fully saturated rings. The first kappa shape index (κ1) is 41.5. The molecule has 0 radical (unpaired) electrons. The maximum Gasteiger partial charge on any atom is 0.160 e. The Morgan fingerprint density at radius 1 is 0.966 bits per heavy atom. The van der Waals surface area contributed by atoms with Crippen molar-refractivity contribution in [1.29, 1.82) is 0 Å². The van der Waals surface area contributed by atoms with Crippen LogP contribution in [-0.4, -0.2) is 76.5 Å². The third-order valence-corrected chi connectivity index (χ3v) is 13.0. The number of unbranched alkanes of at least 4 members (excludes halogenated alkanes) is 1. The number of aromatic hydroxyl groups is 1. The van der Waals surface area contributed by atoms with Gasteiger partial charge < -0.3 is 41.5 Å². The summed E-state index contributed by atoms with van der Waals surface area (Å²) >= 11 is 0. The number of Topliss-reactive ketones (excluding diaryl/α,β-unsaturated/α-hetero) is 2. The van der Waals surface area contributed by atoms with Crippen LogP contribution in [0.4, 0.5) is 0 Å². The summed E-state index contributed by atoms with van der Waals surface area (Å²) in [5.41, 5.74) is 9.56. The van der Waals surface area contributed by atoms with Gasteiger partial charge in [0.05, 0.1) is 31.2 Å². The highest BCUT2D eigenvalue weighted by Gasteiger charge is 2.35. The number of dihydropyridines is 1. The number of fused-ring (bicyclic) bond motifs is 3. The van der Waals surface area contributed by atoms with Crippen LogP contribution in [0, 0.1) is 29.6 Å². The maximum atomic E-state index is 13.7. The molecule has 0 amide bonds. The monoisotopic (exact) mass is 789 g/mol. The van der Waals surface area contributed by atoms with E-state index in [1.165, 1.54) is 7.11 Å². The van der Waals surface area contributed by atoms with Crippen LogP contribution >= 0.6 is 0 Å². The van der Waals surface area contributed by atoms with Gasteiger partial charge in [0.1, 0.15) is 11.7 Å². The molecule has 2 heterocycles. The van der Waals surface area contributed by atoms with Gasteiger partial charge in [-0.1, -0.05) is 73.2 Å². The summed E-state index contributed by atoms with van der Waals surface area (Å²) in [6.45, 7) is 1.47. The second-order valence-corrected chi connectivity index (χ2v) is 17.0. The molecule has 1 saturated carbocycles. The van der Waals surface area contributed by atoms with E-state index in [0.717, 1.165) is 66.1 Å². The molecule has 1 saturated heterocycles. The largest absolute Gasteiger partial charge is 0.504 e. The number of hydrogen-bond donors (Lipinski definition) is 7. The van der Waals surface area contributed by atoms with Gasteiger partial charge in [-0.2, -0.15) is 0 Å². The summed E-state index contributed by atoms with van der Waals surface area (Å²) in [6.07, 6.45) is 7.99. The van der Waals surface area contributed by atoms with E-state index in [0.29, 0.717) is 67.3 Å². The van der Waals surface area contributed by atoms with E-state index in [9.17, 15) is 30.0 Å². The van der Waals surface area contributed by atoms with Crippen molar-refractivity contribution in [3.63, 3.8) is 0 Å². The Morgan fingerprint density at radius 2 is 1.79 bits per heavy atom. The van der Waals surface area contributed by atoms with E-state index in [1.807, 2.05) is 18.2 Å². The number of piperidine rings is 1. The molecular weight excluding hydrogens is 731 g/mol. The Morgan fingerprint density at radius 3 is 2.60 bits per heavy atom. The van der Waals surface area contributed by atoms with Crippen molar-refractivity contribution in [2.45, 2.75) is 113 Å². The summed E-state index contributed by atoms with van der Waals surface area (Å²) in [5, 5.41) is 54.7. The smallest absolute Gasteiger partial charge is 0.160 e. The van der Waals surface area contributed by atoms with Crippen LogP contribution in [-0.2, 0) is 16.0 Å². The van der Waals surface area contributed by atoms with E-state index in [2.05, 4.69) is 58.9 Å². The number of rotatable bonds is 14. The van der Waals surface area contributed by atoms with Crippen LogP contribution in [0.25, 0.3) is 10.8 Å². The van der Waals surface area contributed by atoms with Gasteiger partial charge in [-0.3, -0.25) is 9.59 Å². The molecule has 7 rings (SSSR count). The molecule has 0 aromatic heterocycles. The number of phenolic OH excluding ortho intramolecular Hbond substituents is 1. The number of nitrogens with one attached hydrogen (secondary N) is 2. The van der Waals surface area contributed by atoms with Crippen molar-refractivity contribution in [3.8, 4) is 23.3 Å². The van der Waals surface area contributed by atoms with Crippen molar-refractivity contribution in [1.82, 2.24) is 10.6 Å². The highest BCUT2D eigenvalue weighted by molar-refractivity contribution is 5.85. The number of aliphatic hydroxyl groups is 3. The minimum absolute atomic E-state index is 0.0401. The maximum absolute atomic E-state index is 13.7. The Bertz CT molecular complexity index is 2080. The molecule has 0 unspecified atom stereocenters. The molecular formula is C48H59N3O7. The number of phenols is 1. The number of ether oxygens (including phenoxy) is 1. The van der Waals surface area contributed by atoms with Gasteiger partial charge in [0.15, 0.2) is 17.3 Å². The lowest BCUT2D eigenvalue weighted by Gasteiger charge is -2.39. The lowest BCUT2D eigenvalue weighted by Crippen LogP contribution is -2.48. The molecule has 8 N–H and O–H groups in total. The number of aliphatic hydroxyl groups excluding tert-OH is 3. The standard InChI is InChI=1S/C48H59N3O7/c1-58-47-23-34-14-17-43(54)38(42(53)9-5-2-6-29-20-36-12-15-37(52)25-41(36)51-28-29)16-13-33(40(34)27-46(47)57)22-44(55)45(56)26-39(35-18-19-50-48(49)24-35)32-11-10-30-7-3-4-8-31(30)21-32/h3-4,7-8,10-11,18,21,23-24,27,29,33,36,38-39,41-42,44-45,50-51,53,55-57H,2,5-6,9,12,14-15,17,19-20,22,25-26,28,49H2,1H3/t29-,33-,36+,38+,39-,41+,42+,44-,45+/m0/s1. The van der Waals surface area contributed by atoms with Gasteiger partial charge in [0.25, 0.3) is 0 Å². The zero-order chi connectivity index (χ0) is 40.8. The van der Waals surface area contributed by atoms with Crippen molar-refractivity contribution in [2.24, 2.45) is 23.5 Å². The normalized spacial score (nSPS) is 25.5. The Kier molecular flexibility index (Phi) is 13.6. The number of aryl methyl sites for hydroxylation is 1. The highest BCUT2D eigenvalue weighted by Crippen LogP contribution is 2.39. The van der Waals surface area contributed by atoms with Crippen LogP contribution in [0.1, 0.15) is 99.2 Å². The van der Waals surface area contributed by atoms with Crippen molar-refractivity contribution >= 4 is 22.3 Å². The van der Waals surface area contributed by atoms with Crippen molar-refractivity contribution < 1.29 is 34.8 Å². The number of nitrogens with two attached hydrogens (primary N) is 1. The van der Waals surface area contributed by atoms with Gasteiger partial charge in [-0.05, 0) is 115 Å². The predicted molar refractivity (Wildman–Crippen MR) is 225 cm³/mol. The summed E-state index contributed by atoms with van der Waals surface area (Å²) in [5.74, 6) is 6.62. The average Bonchev–Trinajstić information content (AvgIpc) is 3.28. The van der Waals surface area contributed by atoms with Gasteiger partial charge in [0, 0.05) is 43.7 Å². The summed E-state index contributed by atoms with van der Waals surface area (Å²) < 4.78 is 5.42. The Balaban J connectivity index is 1.06. The first-order valence-electron chi connectivity index (χ1n) is 21.2. The fourth-order valence-electron chi connectivity index (χ4n) is 9.68. The molecule has 9 atom stereocenters. The zero-order valence-corrected chi connectivity index (χ0v) is 33.5. The minimum Gasteiger partial charge on any atom is -0.504 e. The molecule has 3 aromatic carbocycles. The zero-order valence-electron chi connectivity index (χ0n) is 33.5. The second kappa shape index (κ2) is 18.9. The van der Waals surface area contributed by atoms with E-state index in [4.69, 9.17) is 10.5 Å². The van der Waals surface area contributed by atoms with Crippen LogP contribution in [0.2, 0.25) is 0 Å².